The molecular formula is C11H18ClNO3. The number of aliphatic hydroxyl groups excluding tert-OH is 1. The molecule has 1 aromatic carbocycles. The molecular weight excluding hydrogens is 230 g/mol. The lowest BCUT2D eigenvalue weighted by atomic mass is 10.0. The molecule has 0 saturated carbocycles. The van der Waals surface area contributed by atoms with Gasteiger partial charge in [0.25, 0.3) is 0 Å². The molecule has 0 bridgehead atoms. The van der Waals surface area contributed by atoms with Crippen LogP contribution in [-0.4, -0.2) is 23.9 Å². The van der Waals surface area contributed by atoms with Crippen molar-refractivity contribution in [3.05, 3.63) is 23.8 Å². The monoisotopic (exact) mass is 247 g/mol. The van der Waals surface area contributed by atoms with Gasteiger partial charge >= 0.3 is 0 Å². The molecule has 0 unspecified atom stereocenters. The maximum absolute atomic E-state index is 9.54. The Balaban J connectivity index is 0.00000225. The molecule has 0 saturated heterocycles. The van der Waals surface area contributed by atoms with Gasteiger partial charge in [-0.2, -0.15) is 0 Å². The smallest absolute Gasteiger partial charge is 0.160 e. The van der Waals surface area contributed by atoms with E-state index in [9.17, 15) is 5.11 Å². The summed E-state index contributed by atoms with van der Waals surface area (Å²) in [5, 5.41) is 18.2. The van der Waals surface area contributed by atoms with Gasteiger partial charge < -0.3 is 20.7 Å². The van der Waals surface area contributed by atoms with Crippen molar-refractivity contribution in [3.63, 3.8) is 0 Å². The van der Waals surface area contributed by atoms with Crippen LogP contribution in [-0.2, 0) is 0 Å². The Labute approximate surface area is 101 Å². The first kappa shape index (κ1) is 15.0. The number of nitrogens with two attached hydrogens (primary N) is 1. The van der Waals surface area contributed by atoms with E-state index in [-0.39, 0.29) is 30.8 Å². The third kappa shape index (κ3) is 3.89. The van der Waals surface area contributed by atoms with Gasteiger partial charge in [0.15, 0.2) is 11.5 Å². The zero-order valence-electron chi connectivity index (χ0n) is 9.22. The number of ether oxygens (including phenoxy) is 1. The Hall–Kier alpha value is -0.970. The zero-order valence-corrected chi connectivity index (χ0v) is 10.0. The van der Waals surface area contributed by atoms with Crippen molar-refractivity contribution in [1.82, 2.24) is 0 Å². The summed E-state index contributed by atoms with van der Waals surface area (Å²) in [6, 6.07) is 4.94. The van der Waals surface area contributed by atoms with E-state index >= 15 is 0 Å². The van der Waals surface area contributed by atoms with Crippen molar-refractivity contribution in [2.24, 2.45) is 5.73 Å². The second-order valence-corrected chi connectivity index (χ2v) is 3.40. The highest BCUT2D eigenvalue weighted by Gasteiger charge is 2.08. The predicted octanol–water partition coefficient (Wildman–Crippen LogP) is 1.59. The summed E-state index contributed by atoms with van der Waals surface area (Å²) >= 11 is 0. The lowest BCUT2D eigenvalue weighted by Gasteiger charge is -2.12. The lowest BCUT2D eigenvalue weighted by molar-refractivity contribution is 0.280. The molecule has 0 fully saturated rings. The maximum atomic E-state index is 9.54. The number of halogens is 1. The predicted molar refractivity (Wildman–Crippen MR) is 65.2 cm³/mol. The molecule has 0 aliphatic heterocycles. The number of aromatic hydroxyl groups is 1. The van der Waals surface area contributed by atoms with Gasteiger partial charge in [0.1, 0.15) is 0 Å². The quantitative estimate of drug-likeness (QED) is 0.739. The highest BCUT2D eigenvalue weighted by atomic mass is 35.5. The first-order chi connectivity index (χ1) is 7.19. The second kappa shape index (κ2) is 7.33. The van der Waals surface area contributed by atoms with Gasteiger partial charge in [0.2, 0.25) is 0 Å². The van der Waals surface area contributed by atoms with Gasteiger partial charge in [-0.3, -0.25) is 0 Å². The number of benzene rings is 1. The molecule has 0 aliphatic rings. The first-order valence-electron chi connectivity index (χ1n) is 4.92. The Morgan fingerprint density at radius 2 is 2.12 bits per heavy atom. The molecule has 0 aliphatic carbocycles. The molecule has 0 amide bonds. The van der Waals surface area contributed by atoms with Crippen LogP contribution < -0.4 is 10.5 Å². The third-order valence-corrected chi connectivity index (χ3v) is 2.30. The van der Waals surface area contributed by atoms with Crippen LogP contribution in [0, 0.1) is 0 Å². The van der Waals surface area contributed by atoms with E-state index in [1.807, 2.05) is 6.07 Å². The highest BCUT2D eigenvalue weighted by Crippen LogP contribution is 2.29. The minimum Gasteiger partial charge on any atom is -0.504 e. The molecule has 0 aromatic heterocycles. The lowest BCUT2D eigenvalue weighted by Crippen LogP contribution is -2.10. The van der Waals surface area contributed by atoms with Crippen LogP contribution in [0.15, 0.2) is 18.2 Å². The number of methoxy groups -OCH3 is 1. The molecule has 5 heteroatoms. The number of phenols is 1. The Bertz CT molecular complexity index is 320. The first-order valence-corrected chi connectivity index (χ1v) is 4.92. The van der Waals surface area contributed by atoms with E-state index < -0.39 is 0 Å². The van der Waals surface area contributed by atoms with Crippen molar-refractivity contribution in [1.29, 1.82) is 0 Å². The van der Waals surface area contributed by atoms with Crippen LogP contribution in [0.4, 0.5) is 0 Å². The van der Waals surface area contributed by atoms with E-state index in [1.165, 1.54) is 7.11 Å². The molecule has 4 nitrogen and oxygen atoms in total. The number of rotatable bonds is 5. The van der Waals surface area contributed by atoms with Crippen LogP contribution in [0.5, 0.6) is 11.5 Å². The van der Waals surface area contributed by atoms with Crippen LogP contribution >= 0.6 is 12.4 Å². The fourth-order valence-electron chi connectivity index (χ4n) is 1.42. The van der Waals surface area contributed by atoms with Gasteiger partial charge in [-0.25, -0.2) is 0 Å². The summed E-state index contributed by atoms with van der Waals surface area (Å²) in [5.41, 5.74) is 6.73. The molecule has 1 atom stereocenters. The minimum atomic E-state index is -0.158. The number of aliphatic hydroxyl groups is 1. The largest absolute Gasteiger partial charge is 0.504 e. The normalized spacial score (nSPS) is 11.7. The van der Waals surface area contributed by atoms with E-state index in [2.05, 4.69) is 0 Å². The van der Waals surface area contributed by atoms with Crippen molar-refractivity contribution >= 4 is 12.4 Å². The summed E-state index contributed by atoms with van der Waals surface area (Å²) in [6.07, 6.45) is 1.36. The number of phenolic OH excluding ortho intramolecular Hbond substituents is 1. The van der Waals surface area contributed by atoms with Gasteiger partial charge in [-0.1, -0.05) is 6.07 Å². The SMILES string of the molecule is COc1ccc([C@H](N)CCCO)cc1O.Cl. The number of hydrogen-bond acceptors (Lipinski definition) is 4. The second-order valence-electron chi connectivity index (χ2n) is 3.40. The highest BCUT2D eigenvalue weighted by molar-refractivity contribution is 5.85. The van der Waals surface area contributed by atoms with E-state index in [1.54, 1.807) is 12.1 Å². The van der Waals surface area contributed by atoms with Crippen LogP contribution in [0.3, 0.4) is 0 Å². The summed E-state index contributed by atoms with van der Waals surface area (Å²) < 4.78 is 4.93. The molecule has 0 radical (unpaired) electrons. The fraction of sp³-hybridized carbons (Fsp3) is 0.455. The Morgan fingerprint density at radius 1 is 1.44 bits per heavy atom. The summed E-state index contributed by atoms with van der Waals surface area (Å²) in [4.78, 5) is 0. The van der Waals surface area contributed by atoms with Crippen molar-refractivity contribution in [2.75, 3.05) is 13.7 Å². The summed E-state index contributed by atoms with van der Waals surface area (Å²) in [7, 11) is 1.50. The molecule has 0 spiro atoms. The fourth-order valence-corrected chi connectivity index (χ4v) is 1.42. The summed E-state index contributed by atoms with van der Waals surface area (Å²) in [5.74, 6) is 0.530. The van der Waals surface area contributed by atoms with Gasteiger partial charge in [0, 0.05) is 12.6 Å². The molecule has 1 rings (SSSR count). The minimum absolute atomic E-state index is 0. The molecule has 1 aromatic rings. The Morgan fingerprint density at radius 3 is 2.62 bits per heavy atom. The van der Waals surface area contributed by atoms with E-state index in [0.717, 1.165) is 5.56 Å². The van der Waals surface area contributed by atoms with Gasteiger partial charge in [-0.05, 0) is 30.5 Å². The zero-order chi connectivity index (χ0) is 11.3. The van der Waals surface area contributed by atoms with Gasteiger partial charge in [-0.15, -0.1) is 12.4 Å². The number of hydrogen-bond donors (Lipinski definition) is 3. The molecule has 4 N–H and O–H groups in total. The molecule has 0 heterocycles. The van der Waals surface area contributed by atoms with E-state index in [4.69, 9.17) is 15.6 Å². The topological polar surface area (TPSA) is 75.7 Å². The van der Waals surface area contributed by atoms with Crippen molar-refractivity contribution in [3.8, 4) is 11.5 Å². The average Bonchev–Trinajstić information content (AvgIpc) is 2.25. The van der Waals surface area contributed by atoms with Gasteiger partial charge in [0.05, 0.1) is 7.11 Å². The van der Waals surface area contributed by atoms with Crippen LogP contribution in [0.25, 0.3) is 0 Å². The molecule has 16 heavy (non-hydrogen) atoms. The average molecular weight is 248 g/mol. The van der Waals surface area contributed by atoms with Crippen molar-refractivity contribution < 1.29 is 14.9 Å². The van der Waals surface area contributed by atoms with E-state index in [0.29, 0.717) is 18.6 Å². The Kier molecular flexibility index (Phi) is 6.88. The third-order valence-electron chi connectivity index (χ3n) is 2.30. The summed E-state index contributed by atoms with van der Waals surface area (Å²) in [6.45, 7) is 0.135. The molecule has 92 valence electrons. The van der Waals surface area contributed by atoms with Crippen LogP contribution in [0.2, 0.25) is 0 Å². The standard InChI is InChI=1S/C11H17NO3.ClH/c1-15-11-5-4-8(7-10(11)14)9(12)3-2-6-13;/h4-5,7,9,13-14H,2-3,6,12H2,1H3;1H/t9-;/m1./s1. The maximum Gasteiger partial charge on any atom is 0.160 e. The van der Waals surface area contributed by atoms with Crippen LogP contribution in [0.1, 0.15) is 24.4 Å². The van der Waals surface area contributed by atoms with Crippen molar-refractivity contribution in [2.45, 2.75) is 18.9 Å².